The van der Waals surface area contributed by atoms with E-state index < -0.39 is 5.91 Å². The number of imidazole rings is 1. The molecule has 3 heterocycles. The van der Waals surface area contributed by atoms with Crippen molar-refractivity contribution in [1.82, 2.24) is 19.7 Å². The van der Waals surface area contributed by atoms with Gasteiger partial charge in [-0.05, 0) is 49.9 Å². The van der Waals surface area contributed by atoms with E-state index in [4.69, 9.17) is 24.6 Å². The Morgan fingerprint density at radius 2 is 1.86 bits per heavy atom. The van der Waals surface area contributed by atoms with E-state index in [0.29, 0.717) is 39.8 Å². The fourth-order valence-electron chi connectivity index (χ4n) is 4.43. The van der Waals surface area contributed by atoms with Crippen molar-refractivity contribution >= 4 is 28.0 Å². The van der Waals surface area contributed by atoms with Gasteiger partial charge in [0, 0.05) is 28.5 Å². The van der Waals surface area contributed by atoms with Crippen molar-refractivity contribution in [3.63, 3.8) is 0 Å². The van der Waals surface area contributed by atoms with Gasteiger partial charge in [-0.15, -0.1) is 11.3 Å². The van der Waals surface area contributed by atoms with E-state index in [1.165, 1.54) is 11.1 Å². The molecule has 5 rings (SSSR count). The van der Waals surface area contributed by atoms with Crippen LogP contribution in [0.4, 0.5) is 0 Å². The molecule has 0 spiro atoms. The third-order valence-corrected chi connectivity index (χ3v) is 7.20. The zero-order valence-corrected chi connectivity index (χ0v) is 20.5. The highest BCUT2D eigenvalue weighted by Crippen LogP contribution is 2.43. The summed E-state index contributed by atoms with van der Waals surface area (Å²) in [6.07, 6.45) is 7.19. The Bertz CT molecular complexity index is 1400. The van der Waals surface area contributed by atoms with Gasteiger partial charge in [-0.2, -0.15) is 0 Å². The Hall–Kier alpha value is -3.92. The minimum atomic E-state index is -0.405. The van der Waals surface area contributed by atoms with Crippen LogP contribution in [0, 0.1) is 5.41 Å². The number of pyridine rings is 1. The van der Waals surface area contributed by atoms with Crippen molar-refractivity contribution in [1.29, 1.82) is 5.41 Å². The summed E-state index contributed by atoms with van der Waals surface area (Å²) in [5, 5.41) is 11.7. The van der Waals surface area contributed by atoms with Crippen LogP contribution in [0.3, 0.4) is 0 Å². The molecule has 0 radical (unpaired) electrons. The van der Waals surface area contributed by atoms with E-state index >= 15 is 0 Å². The van der Waals surface area contributed by atoms with Crippen molar-refractivity contribution in [2.45, 2.75) is 25.7 Å². The van der Waals surface area contributed by atoms with E-state index in [0.717, 1.165) is 36.3 Å². The molecular formula is C25H25N5O4S. The molecule has 35 heavy (non-hydrogen) atoms. The number of hydrogen-bond acceptors (Lipinski definition) is 8. The fraction of sp³-hybridized carbons (Fsp3) is 0.280. The third kappa shape index (κ3) is 3.99. The summed E-state index contributed by atoms with van der Waals surface area (Å²) >= 11 is 1.63. The van der Waals surface area contributed by atoms with Crippen molar-refractivity contribution in [3.8, 4) is 28.5 Å². The first-order chi connectivity index (χ1) is 17.0. The zero-order valence-electron chi connectivity index (χ0n) is 19.7. The van der Waals surface area contributed by atoms with Crippen LogP contribution in [0.5, 0.6) is 17.2 Å². The molecule has 3 aromatic heterocycles. The van der Waals surface area contributed by atoms with Crippen molar-refractivity contribution < 1.29 is 19.0 Å². The topological polar surface area (TPSA) is 111 Å². The molecule has 0 atom stereocenters. The lowest BCUT2D eigenvalue weighted by molar-refractivity contribution is 0.0976. The Labute approximate surface area is 206 Å². The minimum absolute atomic E-state index is 0.0405. The van der Waals surface area contributed by atoms with Gasteiger partial charge in [-0.3, -0.25) is 19.6 Å². The molecule has 1 aliphatic carbocycles. The number of carbonyl (C=O) groups is 1. The molecule has 0 saturated carbocycles. The summed E-state index contributed by atoms with van der Waals surface area (Å²) in [5.41, 5.74) is 3.29. The summed E-state index contributed by atoms with van der Waals surface area (Å²) in [5.74, 6) is 0.993. The van der Waals surface area contributed by atoms with E-state index in [1.807, 2.05) is 4.40 Å². The van der Waals surface area contributed by atoms with Crippen LogP contribution >= 0.6 is 11.3 Å². The number of rotatable bonds is 6. The van der Waals surface area contributed by atoms with Gasteiger partial charge in [0.1, 0.15) is 11.4 Å². The summed E-state index contributed by atoms with van der Waals surface area (Å²) in [7, 11) is 4.66. The number of ether oxygens (including phenoxy) is 3. The van der Waals surface area contributed by atoms with Gasteiger partial charge >= 0.3 is 0 Å². The second kappa shape index (κ2) is 9.38. The molecule has 10 heteroatoms. The highest BCUT2D eigenvalue weighted by Gasteiger charge is 2.28. The normalized spacial score (nSPS) is 12.8. The summed E-state index contributed by atoms with van der Waals surface area (Å²) in [6, 6.07) is 6.96. The molecule has 0 unspecified atom stereocenters. The Morgan fingerprint density at radius 1 is 1.11 bits per heavy atom. The number of methoxy groups -OCH3 is 3. The molecule has 0 fully saturated rings. The molecule has 1 amide bonds. The van der Waals surface area contributed by atoms with Crippen molar-refractivity contribution in [3.05, 3.63) is 58.5 Å². The molecule has 0 bridgehead atoms. The van der Waals surface area contributed by atoms with Crippen LogP contribution in [0.2, 0.25) is 0 Å². The van der Waals surface area contributed by atoms with E-state index in [1.54, 1.807) is 63.1 Å². The maximum atomic E-state index is 12.9. The largest absolute Gasteiger partial charge is 0.493 e. The molecule has 180 valence electrons. The van der Waals surface area contributed by atoms with Gasteiger partial charge < -0.3 is 19.5 Å². The number of hydrogen-bond donors (Lipinski definition) is 2. The Kier molecular flexibility index (Phi) is 6.12. The number of fused-ring (bicyclic) bond motifs is 3. The third-order valence-electron chi connectivity index (χ3n) is 6.06. The lowest BCUT2D eigenvalue weighted by Crippen LogP contribution is -2.32. The number of carbonyl (C=O) groups excluding carboxylic acids is 1. The average molecular weight is 492 g/mol. The predicted molar refractivity (Wildman–Crippen MR) is 133 cm³/mol. The second-order valence-electron chi connectivity index (χ2n) is 8.09. The number of aryl methyl sites for hydroxylation is 2. The number of thiazole rings is 1. The maximum Gasteiger partial charge on any atom is 0.258 e. The first kappa shape index (κ1) is 22.9. The molecule has 0 aliphatic heterocycles. The van der Waals surface area contributed by atoms with Crippen LogP contribution in [0.25, 0.3) is 16.2 Å². The van der Waals surface area contributed by atoms with Crippen molar-refractivity contribution in [2.75, 3.05) is 21.3 Å². The van der Waals surface area contributed by atoms with Crippen LogP contribution in [0.1, 0.15) is 39.5 Å². The number of nitrogens with zero attached hydrogens (tertiary/aromatic N) is 3. The van der Waals surface area contributed by atoms with Gasteiger partial charge in [0.05, 0.1) is 26.9 Å². The number of amidine groups is 1. The molecule has 2 N–H and O–H groups in total. The lowest BCUT2D eigenvalue weighted by Gasteiger charge is -2.16. The summed E-state index contributed by atoms with van der Waals surface area (Å²) < 4.78 is 18.6. The molecular weight excluding hydrogens is 466 g/mol. The first-order valence-corrected chi connectivity index (χ1v) is 12.0. The maximum absolute atomic E-state index is 12.9. The van der Waals surface area contributed by atoms with Crippen LogP contribution in [0.15, 0.2) is 36.7 Å². The number of benzene rings is 1. The van der Waals surface area contributed by atoms with Gasteiger partial charge in [-0.1, -0.05) is 0 Å². The predicted octanol–water partition coefficient (Wildman–Crippen LogP) is 4.12. The van der Waals surface area contributed by atoms with Crippen LogP contribution < -0.4 is 19.5 Å². The zero-order chi connectivity index (χ0) is 24.5. The monoisotopic (exact) mass is 491 g/mol. The summed E-state index contributed by atoms with van der Waals surface area (Å²) in [4.78, 5) is 23.9. The molecule has 1 aliphatic rings. The quantitative estimate of drug-likeness (QED) is 0.310. The number of amides is 1. The highest BCUT2D eigenvalue weighted by molar-refractivity contribution is 7.17. The SMILES string of the molecule is COc1cc(-c2nc3sc4c(n3c2C(=N)NC(=O)c2cccnc2)CCCC4)cc(OC)c1OC. The Balaban J connectivity index is 1.68. The van der Waals surface area contributed by atoms with Gasteiger partial charge in [0.15, 0.2) is 22.3 Å². The molecule has 1 aromatic carbocycles. The van der Waals surface area contributed by atoms with Gasteiger partial charge in [0.2, 0.25) is 5.75 Å². The number of aromatic nitrogens is 3. The van der Waals surface area contributed by atoms with Crippen LogP contribution in [-0.4, -0.2) is 47.4 Å². The molecule has 0 saturated heterocycles. The van der Waals surface area contributed by atoms with E-state index in [9.17, 15) is 4.79 Å². The lowest BCUT2D eigenvalue weighted by atomic mass is 10.0. The number of nitrogens with one attached hydrogen (secondary N) is 2. The minimum Gasteiger partial charge on any atom is -0.493 e. The average Bonchev–Trinajstić information content (AvgIpc) is 3.44. The van der Waals surface area contributed by atoms with E-state index in [-0.39, 0.29) is 5.84 Å². The van der Waals surface area contributed by atoms with Crippen LogP contribution in [-0.2, 0) is 12.8 Å². The first-order valence-electron chi connectivity index (χ1n) is 11.2. The fourth-order valence-corrected chi connectivity index (χ4v) is 5.64. The molecule has 4 aromatic rings. The smallest absolute Gasteiger partial charge is 0.258 e. The van der Waals surface area contributed by atoms with Gasteiger partial charge in [0.25, 0.3) is 5.91 Å². The molecule has 9 nitrogen and oxygen atoms in total. The van der Waals surface area contributed by atoms with Gasteiger partial charge in [-0.25, -0.2) is 4.98 Å². The highest BCUT2D eigenvalue weighted by atomic mass is 32.1. The summed E-state index contributed by atoms with van der Waals surface area (Å²) in [6.45, 7) is 0. The van der Waals surface area contributed by atoms with Crippen molar-refractivity contribution in [2.24, 2.45) is 0 Å². The second-order valence-corrected chi connectivity index (χ2v) is 9.15. The Morgan fingerprint density at radius 3 is 2.51 bits per heavy atom. The van der Waals surface area contributed by atoms with E-state index in [2.05, 4.69) is 10.3 Å². The standard InChI is InChI=1S/C25H25N5O4S/c1-32-17-11-15(12-18(33-2)22(17)34-3)20-21(23(26)29-24(31)14-7-6-10-27-13-14)30-16-8-4-5-9-19(16)35-25(30)28-20/h6-7,10-13H,4-5,8-9H2,1-3H3,(H2,26,29,31).